The van der Waals surface area contributed by atoms with Crippen molar-refractivity contribution in [3.05, 3.63) is 89.7 Å². The number of aliphatic carboxylic acids is 1. The maximum absolute atomic E-state index is 13.0. The van der Waals surface area contributed by atoms with Gasteiger partial charge in [-0.1, -0.05) is 0 Å². The fourth-order valence-corrected chi connectivity index (χ4v) is 4.35. The minimum atomic E-state index is -0.741. The van der Waals surface area contributed by atoms with E-state index in [4.69, 9.17) is 14.6 Å². The Labute approximate surface area is 220 Å². The van der Waals surface area contributed by atoms with E-state index in [2.05, 4.69) is 5.32 Å². The average molecular weight is 520 g/mol. The first-order valence-electron chi connectivity index (χ1n) is 12.7. The molecule has 3 aromatic carbocycles. The first-order valence-corrected chi connectivity index (χ1v) is 12.7. The number of amides is 1. The molecular weight excluding hydrogens is 489 g/mol. The number of rotatable bonds is 11. The van der Waals surface area contributed by atoms with Crippen LogP contribution in [0.15, 0.2) is 72.8 Å². The van der Waals surface area contributed by atoms with E-state index >= 15 is 0 Å². The van der Waals surface area contributed by atoms with Crippen molar-refractivity contribution in [3.63, 3.8) is 0 Å². The molecule has 0 bridgehead atoms. The van der Waals surface area contributed by atoms with Gasteiger partial charge in [0, 0.05) is 24.1 Å². The number of Topliss-reactive ketones (excluding diaryl/α,β-unsaturated/α-hetero) is 1. The Balaban J connectivity index is 1.16. The SMILES string of the molecule is O=C(CCCNC(=O)c1ccc(Oc2ccc(F)cc2)cc1)c1ccc(OC2CCC(C(=O)O)CC2)cc1. The molecule has 0 atom stereocenters. The van der Waals surface area contributed by atoms with E-state index in [1.54, 1.807) is 48.5 Å². The second-order valence-corrected chi connectivity index (χ2v) is 9.32. The Morgan fingerprint density at radius 2 is 1.34 bits per heavy atom. The van der Waals surface area contributed by atoms with Crippen LogP contribution in [0.5, 0.6) is 17.2 Å². The molecule has 2 N–H and O–H groups in total. The largest absolute Gasteiger partial charge is 0.490 e. The molecule has 1 aliphatic rings. The molecule has 3 aromatic rings. The first-order chi connectivity index (χ1) is 18.4. The third-order valence-corrected chi connectivity index (χ3v) is 6.53. The van der Waals surface area contributed by atoms with Gasteiger partial charge in [-0.25, -0.2) is 4.39 Å². The summed E-state index contributed by atoms with van der Waals surface area (Å²) >= 11 is 0. The molecule has 8 heteroatoms. The minimum absolute atomic E-state index is 0.00528. The predicted molar refractivity (Wildman–Crippen MR) is 139 cm³/mol. The number of carboxylic acid groups (broad SMARTS) is 1. The number of nitrogens with one attached hydrogen (secondary N) is 1. The maximum Gasteiger partial charge on any atom is 0.306 e. The maximum atomic E-state index is 13.0. The fraction of sp³-hybridized carbons (Fsp3) is 0.300. The number of benzene rings is 3. The predicted octanol–water partition coefficient (Wildman–Crippen LogP) is 6.03. The highest BCUT2D eigenvalue weighted by Crippen LogP contribution is 2.28. The van der Waals surface area contributed by atoms with Gasteiger partial charge in [-0.2, -0.15) is 0 Å². The molecule has 0 aliphatic heterocycles. The number of ether oxygens (including phenoxy) is 2. The number of carboxylic acids is 1. The summed E-state index contributed by atoms with van der Waals surface area (Å²) < 4.78 is 24.6. The van der Waals surface area contributed by atoms with E-state index in [0.29, 0.717) is 73.4 Å². The Bertz CT molecular complexity index is 1230. The normalized spacial score (nSPS) is 16.9. The second-order valence-electron chi connectivity index (χ2n) is 9.32. The molecular formula is C30H30FNO6. The lowest BCUT2D eigenvalue weighted by Crippen LogP contribution is -2.27. The van der Waals surface area contributed by atoms with Crippen LogP contribution in [0.4, 0.5) is 4.39 Å². The summed E-state index contributed by atoms with van der Waals surface area (Å²) in [7, 11) is 0. The van der Waals surface area contributed by atoms with E-state index < -0.39 is 5.97 Å². The van der Waals surface area contributed by atoms with Gasteiger partial charge in [-0.3, -0.25) is 14.4 Å². The van der Waals surface area contributed by atoms with Gasteiger partial charge in [0.05, 0.1) is 12.0 Å². The quantitative estimate of drug-likeness (QED) is 0.237. The zero-order valence-corrected chi connectivity index (χ0v) is 20.9. The van der Waals surface area contributed by atoms with Crippen molar-refractivity contribution in [2.75, 3.05) is 6.54 Å². The third kappa shape index (κ3) is 7.65. The number of hydrogen-bond acceptors (Lipinski definition) is 5. The van der Waals surface area contributed by atoms with Gasteiger partial charge in [0.2, 0.25) is 0 Å². The topological polar surface area (TPSA) is 102 Å². The standard InChI is InChI=1S/C30H30FNO6/c31-23-9-17-27(18-10-23)38-25-13-5-21(6-14-25)29(34)32-19-1-2-28(33)20-3-11-24(12-4-20)37-26-15-7-22(8-16-26)30(35)36/h3-6,9-14,17-18,22,26H,1-2,7-8,15-16,19H2,(H,32,34)(H,35,36). The molecule has 1 amide bonds. The highest BCUT2D eigenvalue weighted by Gasteiger charge is 2.26. The van der Waals surface area contributed by atoms with Crippen molar-refractivity contribution in [2.45, 2.75) is 44.6 Å². The van der Waals surface area contributed by atoms with Crippen molar-refractivity contribution < 1.29 is 33.4 Å². The highest BCUT2D eigenvalue weighted by atomic mass is 19.1. The van der Waals surface area contributed by atoms with E-state index in [1.165, 1.54) is 24.3 Å². The van der Waals surface area contributed by atoms with Crippen molar-refractivity contribution in [1.82, 2.24) is 5.32 Å². The molecule has 0 unspecified atom stereocenters. The first kappa shape index (κ1) is 26.9. The summed E-state index contributed by atoms with van der Waals surface area (Å²) in [6.07, 6.45) is 3.43. The van der Waals surface area contributed by atoms with Crippen LogP contribution in [0.1, 0.15) is 59.2 Å². The zero-order valence-electron chi connectivity index (χ0n) is 20.9. The summed E-state index contributed by atoms with van der Waals surface area (Å²) in [6, 6.07) is 19.3. The van der Waals surface area contributed by atoms with Crippen LogP contribution in [0.2, 0.25) is 0 Å². The number of ketones is 1. The summed E-state index contributed by atoms with van der Waals surface area (Å²) in [5.41, 5.74) is 1.05. The van der Waals surface area contributed by atoms with Crippen molar-refractivity contribution in [2.24, 2.45) is 5.92 Å². The monoisotopic (exact) mass is 519 g/mol. The lowest BCUT2D eigenvalue weighted by atomic mass is 9.87. The van der Waals surface area contributed by atoms with Crippen LogP contribution in [0.3, 0.4) is 0 Å². The van der Waals surface area contributed by atoms with Crippen LogP contribution in [0, 0.1) is 11.7 Å². The lowest BCUT2D eigenvalue weighted by molar-refractivity contribution is -0.143. The molecule has 0 saturated heterocycles. The average Bonchev–Trinajstić information content (AvgIpc) is 2.93. The molecule has 0 spiro atoms. The van der Waals surface area contributed by atoms with E-state index in [9.17, 15) is 18.8 Å². The Kier molecular flexibility index (Phi) is 9.08. The second kappa shape index (κ2) is 12.9. The number of hydrogen-bond donors (Lipinski definition) is 2. The molecule has 0 radical (unpaired) electrons. The van der Waals surface area contributed by atoms with E-state index in [0.717, 1.165) is 0 Å². The van der Waals surface area contributed by atoms with Gasteiger partial charge < -0.3 is 19.9 Å². The van der Waals surface area contributed by atoms with Gasteiger partial charge in [0.25, 0.3) is 5.91 Å². The third-order valence-electron chi connectivity index (χ3n) is 6.53. The van der Waals surface area contributed by atoms with Crippen LogP contribution in [-0.2, 0) is 4.79 Å². The summed E-state index contributed by atoms with van der Waals surface area (Å²) in [6.45, 7) is 0.360. The molecule has 4 rings (SSSR count). The van der Waals surface area contributed by atoms with Crippen LogP contribution >= 0.6 is 0 Å². The van der Waals surface area contributed by atoms with Gasteiger partial charge in [0.15, 0.2) is 5.78 Å². The smallest absolute Gasteiger partial charge is 0.306 e. The molecule has 0 aromatic heterocycles. The van der Waals surface area contributed by atoms with Crippen LogP contribution in [0.25, 0.3) is 0 Å². The van der Waals surface area contributed by atoms with Crippen molar-refractivity contribution in [1.29, 1.82) is 0 Å². The zero-order chi connectivity index (χ0) is 26.9. The summed E-state index contributed by atoms with van der Waals surface area (Å²) in [4.78, 5) is 36.0. The van der Waals surface area contributed by atoms with Gasteiger partial charge >= 0.3 is 5.97 Å². The van der Waals surface area contributed by atoms with Crippen LogP contribution in [-0.4, -0.2) is 35.4 Å². The minimum Gasteiger partial charge on any atom is -0.490 e. The molecule has 0 heterocycles. The van der Waals surface area contributed by atoms with E-state index in [1.807, 2.05) is 0 Å². The molecule has 198 valence electrons. The number of carbonyl (C=O) groups excluding carboxylic acids is 2. The number of carbonyl (C=O) groups is 3. The van der Waals surface area contributed by atoms with Crippen molar-refractivity contribution >= 4 is 17.7 Å². The van der Waals surface area contributed by atoms with Crippen LogP contribution < -0.4 is 14.8 Å². The Hall–Kier alpha value is -4.20. The molecule has 1 aliphatic carbocycles. The highest BCUT2D eigenvalue weighted by molar-refractivity contribution is 5.96. The lowest BCUT2D eigenvalue weighted by Gasteiger charge is -2.26. The Morgan fingerprint density at radius 3 is 1.95 bits per heavy atom. The van der Waals surface area contributed by atoms with Crippen molar-refractivity contribution in [3.8, 4) is 17.2 Å². The fourth-order valence-electron chi connectivity index (χ4n) is 4.35. The molecule has 7 nitrogen and oxygen atoms in total. The Morgan fingerprint density at radius 1 is 0.789 bits per heavy atom. The molecule has 38 heavy (non-hydrogen) atoms. The van der Waals surface area contributed by atoms with Gasteiger partial charge in [-0.15, -0.1) is 0 Å². The summed E-state index contributed by atoms with van der Waals surface area (Å²) in [5.74, 6) is 0.0595. The molecule has 1 saturated carbocycles. The van der Waals surface area contributed by atoms with Gasteiger partial charge in [0.1, 0.15) is 23.1 Å². The number of halogens is 1. The molecule has 1 fully saturated rings. The van der Waals surface area contributed by atoms with Gasteiger partial charge in [-0.05, 0) is 105 Å². The summed E-state index contributed by atoms with van der Waals surface area (Å²) in [5, 5.41) is 11.9. The van der Waals surface area contributed by atoms with E-state index in [-0.39, 0.29) is 29.5 Å².